The van der Waals surface area contributed by atoms with E-state index in [-0.39, 0.29) is 0 Å². The molecular weight excluding hydrogens is 349 g/mol. The molecule has 126 valence electrons. The van der Waals surface area contributed by atoms with Gasteiger partial charge in [0.25, 0.3) is 0 Å². The number of methoxy groups -OCH3 is 1. The van der Waals surface area contributed by atoms with Gasteiger partial charge >= 0.3 is 0 Å². The zero-order valence-corrected chi connectivity index (χ0v) is 15.1. The molecule has 3 rings (SSSR count). The van der Waals surface area contributed by atoms with Crippen LogP contribution < -0.4 is 10.1 Å². The fourth-order valence-corrected chi connectivity index (χ4v) is 2.91. The van der Waals surface area contributed by atoms with Gasteiger partial charge in [0.1, 0.15) is 5.82 Å². The predicted octanol–water partition coefficient (Wildman–Crippen LogP) is 3.85. The van der Waals surface area contributed by atoms with Crippen LogP contribution in [-0.4, -0.2) is 26.9 Å². The molecule has 0 saturated carbocycles. The summed E-state index contributed by atoms with van der Waals surface area (Å²) in [5.74, 6) is 1.39. The van der Waals surface area contributed by atoms with E-state index in [4.69, 9.17) is 27.9 Å². The number of halogens is 2. The number of fused-ring (bicyclic) bond motifs is 1. The Bertz CT molecular complexity index is 894. The summed E-state index contributed by atoms with van der Waals surface area (Å²) in [4.78, 5) is 8.89. The number of hydrogen-bond donors (Lipinski definition) is 1. The standard InChI is InChI=1S/C16H17Cl2N5O/c1-4-12-9(16(24-3)23(2)22-12)7-20-15-8-19-13-5-10(17)11(18)6-14(13)21-15/h5-6,8H,4,7H2,1-3H3,(H,20,21). The molecule has 24 heavy (non-hydrogen) atoms. The fourth-order valence-electron chi connectivity index (χ4n) is 2.59. The summed E-state index contributed by atoms with van der Waals surface area (Å²) in [5.41, 5.74) is 3.38. The molecule has 2 heterocycles. The second-order valence-corrected chi connectivity index (χ2v) is 6.09. The van der Waals surface area contributed by atoms with E-state index in [0.717, 1.165) is 23.6 Å². The van der Waals surface area contributed by atoms with Gasteiger partial charge in [0.2, 0.25) is 5.88 Å². The minimum absolute atomic E-state index is 0.456. The molecule has 0 saturated heterocycles. The topological polar surface area (TPSA) is 64.9 Å². The number of ether oxygens (including phenoxy) is 1. The number of nitrogens with zero attached hydrogens (tertiary/aromatic N) is 4. The molecule has 1 aromatic carbocycles. The number of benzene rings is 1. The molecule has 1 N–H and O–H groups in total. The van der Waals surface area contributed by atoms with Gasteiger partial charge in [0.05, 0.1) is 45.6 Å². The molecule has 0 spiro atoms. The van der Waals surface area contributed by atoms with Crippen molar-refractivity contribution in [1.82, 2.24) is 19.7 Å². The van der Waals surface area contributed by atoms with Crippen LogP contribution in [0.25, 0.3) is 11.0 Å². The van der Waals surface area contributed by atoms with Gasteiger partial charge in [0, 0.05) is 13.6 Å². The Hall–Kier alpha value is -2.05. The van der Waals surface area contributed by atoms with E-state index >= 15 is 0 Å². The third-order valence-corrected chi connectivity index (χ3v) is 4.45. The van der Waals surface area contributed by atoms with E-state index in [1.807, 2.05) is 7.05 Å². The maximum Gasteiger partial charge on any atom is 0.216 e. The van der Waals surface area contributed by atoms with Crippen molar-refractivity contribution >= 4 is 40.1 Å². The van der Waals surface area contributed by atoms with Crippen LogP contribution in [-0.2, 0) is 20.0 Å². The van der Waals surface area contributed by atoms with Gasteiger partial charge in [-0.3, -0.25) is 4.98 Å². The predicted molar refractivity (Wildman–Crippen MR) is 96.0 cm³/mol. The normalized spacial score (nSPS) is 11.0. The first-order chi connectivity index (χ1) is 11.5. The molecular formula is C16H17Cl2N5O. The van der Waals surface area contributed by atoms with Crippen LogP contribution in [0.2, 0.25) is 10.0 Å². The number of anilines is 1. The quantitative estimate of drug-likeness (QED) is 0.743. The molecule has 0 aliphatic heterocycles. The van der Waals surface area contributed by atoms with Gasteiger partial charge < -0.3 is 10.1 Å². The van der Waals surface area contributed by atoms with Gasteiger partial charge in [0.15, 0.2) is 0 Å². The highest BCUT2D eigenvalue weighted by Crippen LogP contribution is 2.27. The molecule has 2 aromatic heterocycles. The highest BCUT2D eigenvalue weighted by molar-refractivity contribution is 6.42. The molecule has 0 aliphatic rings. The van der Waals surface area contributed by atoms with Crippen LogP contribution in [0.3, 0.4) is 0 Å². The maximum atomic E-state index is 6.05. The number of aromatic nitrogens is 4. The second-order valence-electron chi connectivity index (χ2n) is 5.28. The number of nitrogens with one attached hydrogen (secondary N) is 1. The van der Waals surface area contributed by atoms with Gasteiger partial charge in [-0.25, -0.2) is 9.67 Å². The van der Waals surface area contributed by atoms with Crippen molar-refractivity contribution in [3.05, 3.63) is 39.6 Å². The molecule has 3 aromatic rings. The third-order valence-electron chi connectivity index (χ3n) is 3.73. The molecule has 0 unspecified atom stereocenters. The lowest BCUT2D eigenvalue weighted by molar-refractivity contribution is 0.369. The fraction of sp³-hybridized carbons (Fsp3) is 0.312. The van der Waals surface area contributed by atoms with Crippen molar-refractivity contribution in [1.29, 1.82) is 0 Å². The lowest BCUT2D eigenvalue weighted by Crippen LogP contribution is -2.05. The molecule has 0 amide bonds. The van der Waals surface area contributed by atoms with Crippen LogP contribution in [0.5, 0.6) is 5.88 Å². The van der Waals surface area contributed by atoms with E-state index in [2.05, 4.69) is 27.3 Å². The Morgan fingerprint density at radius 1 is 1.21 bits per heavy atom. The van der Waals surface area contributed by atoms with Crippen molar-refractivity contribution < 1.29 is 4.74 Å². The summed E-state index contributed by atoms with van der Waals surface area (Å²) in [6.45, 7) is 2.61. The third kappa shape index (κ3) is 3.12. The largest absolute Gasteiger partial charge is 0.481 e. The first kappa shape index (κ1) is 16.8. The average molecular weight is 366 g/mol. The summed E-state index contributed by atoms with van der Waals surface area (Å²) >= 11 is 12.0. The summed E-state index contributed by atoms with van der Waals surface area (Å²) in [5, 5.41) is 8.65. The first-order valence-corrected chi connectivity index (χ1v) is 8.23. The first-order valence-electron chi connectivity index (χ1n) is 7.47. The van der Waals surface area contributed by atoms with E-state index in [9.17, 15) is 0 Å². The van der Waals surface area contributed by atoms with Crippen LogP contribution >= 0.6 is 23.2 Å². The van der Waals surface area contributed by atoms with E-state index in [1.54, 1.807) is 30.1 Å². The van der Waals surface area contributed by atoms with E-state index in [1.165, 1.54) is 0 Å². The smallest absolute Gasteiger partial charge is 0.216 e. The second kappa shape index (κ2) is 6.83. The van der Waals surface area contributed by atoms with E-state index < -0.39 is 0 Å². The van der Waals surface area contributed by atoms with E-state index in [0.29, 0.717) is 33.4 Å². The number of hydrogen-bond acceptors (Lipinski definition) is 5. The summed E-state index contributed by atoms with van der Waals surface area (Å²) < 4.78 is 7.18. The van der Waals surface area contributed by atoms with Crippen LogP contribution in [0.15, 0.2) is 18.3 Å². The average Bonchev–Trinajstić information content (AvgIpc) is 2.88. The van der Waals surface area contributed by atoms with Crippen LogP contribution in [0.1, 0.15) is 18.2 Å². The minimum atomic E-state index is 0.456. The molecule has 6 nitrogen and oxygen atoms in total. The van der Waals surface area contributed by atoms with Crippen molar-refractivity contribution in [2.45, 2.75) is 19.9 Å². The molecule has 0 atom stereocenters. The monoisotopic (exact) mass is 365 g/mol. The van der Waals surface area contributed by atoms with Crippen LogP contribution in [0, 0.1) is 0 Å². The van der Waals surface area contributed by atoms with Crippen molar-refractivity contribution in [3.63, 3.8) is 0 Å². The number of rotatable bonds is 5. The Kier molecular flexibility index (Phi) is 4.78. The summed E-state index contributed by atoms with van der Waals surface area (Å²) in [6, 6.07) is 3.41. The van der Waals surface area contributed by atoms with Crippen molar-refractivity contribution in [2.75, 3.05) is 12.4 Å². The van der Waals surface area contributed by atoms with Gasteiger partial charge in [-0.15, -0.1) is 0 Å². The Labute approximate surface area is 149 Å². The number of aryl methyl sites for hydroxylation is 2. The Morgan fingerprint density at radius 3 is 2.58 bits per heavy atom. The summed E-state index contributed by atoms with van der Waals surface area (Å²) in [7, 11) is 3.50. The highest BCUT2D eigenvalue weighted by atomic mass is 35.5. The Morgan fingerprint density at radius 2 is 1.92 bits per heavy atom. The lowest BCUT2D eigenvalue weighted by Gasteiger charge is -2.09. The zero-order valence-electron chi connectivity index (χ0n) is 13.6. The molecule has 0 fully saturated rings. The van der Waals surface area contributed by atoms with Crippen LogP contribution in [0.4, 0.5) is 5.82 Å². The maximum absolute atomic E-state index is 6.05. The van der Waals surface area contributed by atoms with Gasteiger partial charge in [-0.05, 0) is 18.6 Å². The van der Waals surface area contributed by atoms with Gasteiger partial charge in [-0.1, -0.05) is 30.1 Å². The van der Waals surface area contributed by atoms with Crippen molar-refractivity contribution in [2.24, 2.45) is 7.05 Å². The molecule has 8 heteroatoms. The molecule has 0 aliphatic carbocycles. The summed E-state index contributed by atoms with van der Waals surface area (Å²) in [6.07, 6.45) is 2.49. The molecule has 0 bridgehead atoms. The zero-order chi connectivity index (χ0) is 17.3. The molecule has 0 radical (unpaired) electrons. The SMILES string of the molecule is CCc1nn(C)c(OC)c1CNc1cnc2cc(Cl)c(Cl)cc2n1. The lowest BCUT2D eigenvalue weighted by atomic mass is 10.2. The Balaban J connectivity index is 1.87. The van der Waals surface area contributed by atoms with Crippen molar-refractivity contribution in [3.8, 4) is 5.88 Å². The highest BCUT2D eigenvalue weighted by Gasteiger charge is 2.15. The van der Waals surface area contributed by atoms with Gasteiger partial charge in [-0.2, -0.15) is 5.10 Å². The minimum Gasteiger partial charge on any atom is -0.481 e.